The Morgan fingerprint density at radius 1 is 0.870 bits per heavy atom. The van der Waals surface area contributed by atoms with E-state index < -0.39 is 0 Å². The van der Waals surface area contributed by atoms with Gasteiger partial charge in [0.05, 0.1) is 0 Å². The Morgan fingerprint density at radius 2 is 1.70 bits per heavy atom. The lowest BCUT2D eigenvalue weighted by Gasteiger charge is -2.05. The van der Waals surface area contributed by atoms with E-state index in [1.54, 1.807) is 11.8 Å². The Bertz CT molecular complexity index is 963. The molecular formula is C19H13BrN2S. The van der Waals surface area contributed by atoms with Crippen LogP contribution in [0.1, 0.15) is 0 Å². The summed E-state index contributed by atoms with van der Waals surface area (Å²) >= 11 is 5.29. The maximum atomic E-state index is 4.84. The first kappa shape index (κ1) is 14.5. The van der Waals surface area contributed by atoms with Gasteiger partial charge in [0.15, 0.2) is 0 Å². The number of benzene rings is 2. The van der Waals surface area contributed by atoms with Crippen molar-refractivity contribution >= 4 is 33.3 Å². The highest BCUT2D eigenvalue weighted by atomic mass is 79.9. The Hall–Kier alpha value is -2.04. The Balaban J connectivity index is 1.91. The van der Waals surface area contributed by atoms with E-state index in [-0.39, 0.29) is 0 Å². The van der Waals surface area contributed by atoms with E-state index in [1.807, 2.05) is 36.4 Å². The lowest BCUT2D eigenvalue weighted by atomic mass is 10.2. The smallest absolute Gasteiger partial charge is 0.138 e. The molecule has 0 amide bonds. The first-order chi connectivity index (χ1) is 11.3. The third-order valence-electron chi connectivity index (χ3n) is 3.54. The van der Waals surface area contributed by atoms with Crippen LogP contribution in [-0.4, -0.2) is 9.38 Å². The number of fused-ring (bicyclic) bond motifs is 1. The maximum absolute atomic E-state index is 4.84. The number of nitrogens with zero attached hydrogens (tertiary/aromatic N) is 2. The van der Waals surface area contributed by atoms with Crippen LogP contribution in [-0.2, 0) is 0 Å². The predicted molar refractivity (Wildman–Crippen MR) is 98.9 cm³/mol. The van der Waals surface area contributed by atoms with Crippen molar-refractivity contribution in [1.29, 1.82) is 0 Å². The average molecular weight is 381 g/mol. The quantitative estimate of drug-likeness (QED) is 0.439. The van der Waals surface area contributed by atoms with E-state index in [4.69, 9.17) is 4.98 Å². The van der Waals surface area contributed by atoms with Gasteiger partial charge in [-0.25, -0.2) is 4.98 Å². The van der Waals surface area contributed by atoms with Gasteiger partial charge in [-0.2, -0.15) is 0 Å². The molecule has 4 heteroatoms. The van der Waals surface area contributed by atoms with Gasteiger partial charge in [0.25, 0.3) is 0 Å². The zero-order valence-corrected chi connectivity index (χ0v) is 14.6. The SMILES string of the molecule is Brc1cccc(-c2nc3ccccn3c2Sc2ccccc2)c1. The molecule has 0 aliphatic carbocycles. The molecule has 0 unspecified atom stereocenters. The van der Waals surface area contributed by atoms with Gasteiger partial charge >= 0.3 is 0 Å². The van der Waals surface area contributed by atoms with Gasteiger partial charge in [-0.1, -0.05) is 64.1 Å². The number of hydrogen-bond acceptors (Lipinski definition) is 2. The van der Waals surface area contributed by atoms with E-state index in [0.29, 0.717) is 0 Å². The van der Waals surface area contributed by atoms with Crippen LogP contribution in [0, 0.1) is 0 Å². The van der Waals surface area contributed by atoms with Crippen molar-refractivity contribution in [2.45, 2.75) is 9.92 Å². The molecule has 4 rings (SSSR count). The highest BCUT2D eigenvalue weighted by molar-refractivity contribution is 9.10. The van der Waals surface area contributed by atoms with E-state index >= 15 is 0 Å². The molecule has 0 saturated carbocycles. The zero-order chi connectivity index (χ0) is 15.6. The highest BCUT2D eigenvalue weighted by Gasteiger charge is 2.15. The topological polar surface area (TPSA) is 17.3 Å². The van der Waals surface area contributed by atoms with E-state index in [1.165, 1.54) is 4.90 Å². The highest BCUT2D eigenvalue weighted by Crippen LogP contribution is 2.36. The van der Waals surface area contributed by atoms with Gasteiger partial charge in [0.2, 0.25) is 0 Å². The van der Waals surface area contributed by atoms with Crippen LogP contribution in [0.25, 0.3) is 16.9 Å². The lowest BCUT2D eigenvalue weighted by molar-refractivity contribution is 1.05. The van der Waals surface area contributed by atoms with Crippen molar-refractivity contribution in [2.24, 2.45) is 0 Å². The molecule has 0 saturated heterocycles. The summed E-state index contributed by atoms with van der Waals surface area (Å²) in [6, 6.07) is 24.8. The minimum Gasteiger partial charge on any atom is -0.294 e. The van der Waals surface area contributed by atoms with Crippen molar-refractivity contribution in [2.75, 3.05) is 0 Å². The molecule has 2 nitrogen and oxygen atoms in total. The fraction of sp³-hybridized carbons (Fsp3) is 0. The average Bonchev–Trinajstić information content (AvgIpc) is 2.95. The Kier molecular flexibility index (Phi) is 3.93. The third-order valence-corrected chi connectivity index (χ3v) is 5.13. The zero-order valence-electron chi connectivity index (χ0n) is 12.2. The molecule has 4 aromatic rings. The van der Waals surface area contributed by atoms with Crippen LogP contribution in [0.15, 0.2) is 93.4 Å². The first-order valence-corrected chi connectivity index (χ1v) is 8.88. The van der Waals surface area contributed by atoms with Crippen molar-refractivity contribution < 1.29 is 0 Å². The van der Waals surface area contributed by atoms with Crippen molar-refractivity contribution in [3.63, 3.8) is 0 Å². The second-order valence-corrected chi connectivity index (χ2v) is 7.10. The second kappa shape index (κ2) is 6.22. The van der Waals surface area contributed by atoms with E-state index in [0.717, 1.165) is 26.4 Å². The number of rotatable bonds is 3. The van der Waals surface area contributed by atoms with Crippen LogP contribution in [0.2, 0.25) is 0 Å². The van der Waals surface area contributed by atoms with Gasteiger partial charge in [-0.05, 0) is 36.4 Å². The Morgan fingerprint density at radius 3 is 2.52 bits per heavy atom. The molecule has 0 bridgehead atoms. The van der Waals surface area contributed by atoms with Crippen LogP contribution in [0.4, 0.5) is 0 Å². The summed E-state index contributed by atoms with van der Waals surface area (Å²) in [4.78, 5) is 6.04. The number of pyridine rings is 1. The lowest BCUT2D eigenvalue weighted by Crippen LogP contribution is -1.86. The molecule has 0 spiro atoms. The monoisotopic (exact) mass is 380 g/mol. The summed E-state index contributed by atoms with van der Waals surface area (Å²) in [6.07, 6.45) is 2.06. The summed E-state index contributed by atoms with van der Waals surface area (Å²) in [7, 11) is 0. The van der Waals surface area contributed by atoms with Gasteiger partial charge < -0.3 is 0 Å². The van der Waals surface area contributed by atoms with Gasteiger partial charge in [0.1, 0.15) is 16.4 Å². The standard InChI is InChI=1S/C19H13BrN2S/c20-15-8-6-7-14(13-15)18-19(23-16-9-2-1-3-10-16)22-12-5-4-11-17(22)21-18/h1-13H. The minimum absolute atomic E-state index is 0.959. The van der Waals surface area contributed by atoms with Crippen molar-refractivity contribution in [3.8, 4) is 11.3 Å². The van der Waals surface area contributed by atoms with Gasteiger partial charge in [0, 0.05) is 21.1 Å². The molecule has 0 radical (unpaired) electrons. The summed E-state index contributed by atoms with van der Waals surface area (Å²) in [6.45, 7) is 0. The normalized spacial score (nSPS) is 11.0. The summed E-state index contributed by atoms with van der Waals surface area (Å²) in [5.41, 5.74) is 3.08. The van der Waals surface area contributed by atoms with Crippen LogP contribution in [0.5, 0.6) is 0 Å². The summed E-state index contributed by atoms with van der Waals surface area (Å²) in [5, 5.41) is 1.13. The largest absolute Gasteiger partial charge is 0.294 e. The second-order valence-electron chi connectivity index (χ2n) is 5.12. The Labute approximate surface area is 147 Å². The summed E-state index contributed by atoms with van der Waals surface area (Å²) < 4.78 is 3.20. The molecule has 0 N–H and O–H groups in total. The molecule has 2 aromatic heterocycles. The molecule has 0 atom stereocenters. The third kappa shape index (κ3) is 2.92. The summed E-state index contributed by atoms with van der Waals surface area (Å²) in [5.74, 6) is 0. The molecule has 0 aliphatic heterocycles. The maximum Gasteiger partial charge on any atom is 0.138 e. The van der Waals surface area contributed by atoms with Crippen molar-refractivity contribution in [1.82, 2.24) is 9.38 Å². The predicted octanol–water partition coefficient (Wildman–Crippen LogP) is 5.92. The number of hydrogen-bond donors (Lipinski definition) is 0. The van der Waals surface area contributed by atoms with E-state index in [2.05, 4.69) is 62.9 Å². The molecule has 0 aliphatic rings. The van der Waals surface area contributed by atoms with E-state index in [9.17, 15) is 0 Å². The fourth-order valence-electron chi connectivity index (χ4n) is 2.49. The van der Waals surface area contributed by atoms with Crippen molar-refractivity contribution in [3.05, 3.63) is 83.5 Å². The fourth-order valence-corrected chi connectivity index (χ4v) is 3.92. The number of aromatic nitrogens is 2. The molecule has 2 aromatic carbocycles. The molecular weight excluding hydrogens is 368 g/mol. The van der Waals surface area contributed by atoms with Crippen LogP contribution in [0.3, 0.4) is 0 Å². The minimum atomic E-state index is 0.959. The molecule has 2 heterocycles. The number of halogens is 1. The first-order valence-electron chi connectivity index (χ1n) is 7.27. The van der Waals surface area contributed by atoms with Crippen LogP contribution >= 0.6 is 27.7 Å². The number of imidazole rings is 1. The molecule has 0 fully saturated rings. The molecule has 23 heavy (non-hydrogen) atoms. The van der Waals surface area contributed by atoms with Crippen LogP contribution < -0.4 is 0 Å². The molecule has 112 valence electrons. The van der Waals surface area contributed by atoms with Gasteiger partial charge in [-0.3, -0.25) is 4.40 Å². The van der Waals surface area contributed by atoms with Gasteiger partial charge in [-0.15, -0.1) is 0 Å².